The molecule has 2 aliphatic heterocycles. The van der Waals surface area contributed by atoms with Crippen LogP contribution in [0.5, 0.6) is 5.75 Å². The first-order chi connectivity index (χ1) is 19.6. The van der Waals surface area contributed by atoms with Crippen LogP contribution >= 0.6 is 0 Å². The minimum absolute atomic E-state index is 0.00121. The van der Waals surface area contributed by atoms with Crippen LogP contribution in [-0.4, -0.2) is 61.3 Å². The van der Waals surface area contributed by atoms with E-state index in [9.17, 15) is 0 Å². The third-order valence-corrected chi connectivity index (χ3v) is 8.13. The number of hydrogen-bond donors (Lipinski definition) is 1. The summed E-state index contributed by atoms with van der Waals surface area (Å²) < 4.78 is 21.2. The minimum atomic E-state index is -0.00541. The fourth-order valence-corrected chi connectivity index (χ4v) is 6.64. The summed E-state index contributed by atoms with van der Waals surface area (Å²) in [6.45, 7) is 12.0. The Balaban J connectivity index is 1.33. The van der Waals surface area contributed by atoms with E-state index in [1.54, 1.807) is 7.11 Å². The zero-order valence-electron chi connectivity index (χ0n) is 25.0. The van der Waals surface area contributed by atoms with Gasteiger partial charge in [0.2, 0.25) is 0 Å². The predicted molar refractivity (Wildman–Crippen MR) is 158 cm³/mol. The number of rotatable bonds is 7. The normalized spacial score (nSPS) is 20.9. The Labute approximate surface area is 241 Å². The van der Waals surface area contributed by atoms with Crippen molar-refractivity contribution in [2.45, 2.75) is 90.1 Å². The summed E-state index contributed by atoms with van der Waals surface area (Å²) >= 11 is 0. The topological polar surface area (TPSA) is 101 Å². The van der Waals surface area contributed by atoms with E-state index in [-0.39, 0.29) is 30.1 Å². The highest BCUT2D eigenvalue weighted by Crippen LogP contribution is 2.39. The molecule has 2 saturated heterocycles. The van der Waals surface area contributed by atoms with E-state index in [1.807, 2.05) is 36.1 Å². The third-order valence-electron chi connectivity index (χ3n) is 8.13. The molecule has 0 bridgehead atoms. The lowest BCUT2D eigenvalue weighted by molar-refractivity contribution is -0.0394. The van der Waals surface area contributed by atoms with Crippen LogP contribution in [0.15, 0.2) is 36.7 Å². The van der Waals surface area contributed by atoms with Crippen molar-refractivity contribution in [3.05, 3.63) is 42.4 Å². The molecule has 1 aromatic carbocycles. The number of nitrogens with zero attached hydrogens (tertiary/aromatic N) is 6. The predicted octanol–water partition coefficient (Wildman–Crippen LogP) is 5.83. The Kier molecular flexibility index (Phi) is 7.33. The molecule has 218 valence electrons. The van der Waals surface area contributed by atoms with Gasteiger partial charge in [0.05, 0.1) is 23.6 Å². The van der Waals surface area contributed by atoms with Gasteiger partial charge in [-0.1, -0.05) is 6.07 Å². The quantitative estimate of drug-likeness (QED) is 0.282. The molecule has 2 fully saturated rings. The van der Waals surface area contributed by atoms with Crippen molar-refractivity contribution in [1.29, 1.82) is 0 Å². The zero-order chi connectivity index (χ0) is 28.8. The number of benzene rings is 1. The molecular weight excluding hydrogens is 518 g/mol. The summed E-state index contributed by atoms with van der Waals surface area (Å²) in [6.07, 6.45) is 9.09. The van der Waals surface area contributed by atoms with Gasteiger partial charge in [0.15, 0.2) is 12.4 Å². The number of ether oxygens (including phenoxy) is 3. The van der Waals surface area contributed by atoms with Crippen LogP contribution < -0.4 is 10.1 Å². The molecule has 0 spiro atoms. The van der Waals surface area contributed by atoms with Gasteiger partial charge in [0.25, 0.3) is 0 Å². The first-order valence-electron chi connectivity index (χ1n) is 14.6. The number of nitrogens with one attached hydrogen (secondary N) is 1. The molecule has 0 amide bonds. The lowest BCUT2D eigenvalue weighted by Gasteiger charge is -2.46. The highest BCUT2D eigenvalue weighted by molar-refractivity contribution is 5.84. The monoisotopic (exact) mass is 559 g/mol. The highest BCUT2D eigenvalue weighted by Gasteiger charge is 2.39. The molecule has 5 heterocycles. The van der Waals surface area contributed by atoms with Crippen LogP contribution in [0.1, 0.15) is 77.8 Å². The lowest BCUT2D eigenvalue weighted by Crippen LogP contribution is -2.58. The maximum absolute atomic E-state index is 6.04. The van der Waals surface area contributed by atoms with Gasteiger partial charge in [-0.25, -0.2) is 9.36 Å². The highest BCUT2D eigenvalue weighted by atomic mass is 16.7. The van der Waals surface area contributed by atoms with Crippen molar-refractivity contribution in [2.24, 2.45) is 0 Å². The van der Waals surface area contributed by atoms with Gasteiger partial charge in [0, 0.05) is 47.5 Å². The van der Waals surface area contributed by atoms with E-state index < -0.39 is 0 Å². The van der Waals surface area contributed by atoms with Crippen LogP contribution in [0.4, 0.5) is 0 Å². The molecule has 41 heavy (non-hydrogen) atoms. The molecular formula is C31H41N7O3. The fraction of sp³-hybridized carbons (Fsp3) is 0.548. The molecule has 0 saturated carbocycles. The second-order valence-electron chi connectivity index (χ2n) is 12.7. The zero-order valence-corrected chi connectivity index (χ0v) is 25.0. The van der Waals surface area contributed by atoms with Gasteiger partial charge in [-0.05, 0) is 90.5 Å². The largest absolute Gasteiger partial charge is 0.467 e. The average molecular weight is 560 g/mol. The molecule has 3 aromatic heterocycles. The molecule has 6 rings (SSSR count). The smallest absolute Gasteiger partial charge is 0.188 e. The third kappa shape index (κ3) is 5.73. The van der Waals surface area contributed by atoms with Crippen molar-refractivity contribution < 1.29 is 14.2 Å². The Morgan fingerprint density at radius 2 is 1.85 bits per heavy atom. The van der Waals surface area contributed by atoms with Crippen LogP contribution in [0.3, 0.4) is 0 Å². The Hall–Kier alpha value is -3.34. The maximum Gasteiger partial charge on any atom is 0.188 e. The van der Waals surface area contributed by atoms with Crippen molar-refractivity contribution in [2.75, 3.05) is 20.5 Å². The van der Waals surface area contributed by atoms with Crippen molar-refractivity contribution in [1.82, 2.24) is 35.1 Å². The molecule has 0 aliphatic carbocycles. The van der Waals surface area contributed by atoms with E-state index in [1.165, 1.54) is 0 Å². The number of piperidine rings is 1. The molecule has 10 nitrogen and oxygen atoms in total. The molecule has 2 aliphatic rings. The number of fused-ring (bicyclic) bond motifs is 1. The first kappa shape index (κ1) is 27.8. The molecule has 0 radical (unpaired) electrons. The van der Waals surface area contributed by atoms with Gasteiger partial charge >= 0.3 is 0 Å². The fourth-order valence-electron chi connectivity index (χ4n) is 6.64. The van der Waals surface area contributed by atoms with Crippen molar-refractivity contribution >= 4 is 11.0 Å². The molecule has 1 unspecified atom stereocenters. The van der Waals surface area contributed by atoms with Crippen LogP contribution in [0.2, 0.25) is 0 Å². The summed E-state index contributed by atoms with van der Waals surface area (Å²) in [4.78, 5) is 0. The van der Waals surface area contributed by atoms with E-state index in [0.29, 0.717) is 5.75 Å². The van der Waals surface area contributed by atoms with Crippen LogP contribution in [0.25, 0.3) is 33.4 Å². The summed E-state index contributed by atoms with van der Waals surface area (Å²) in [5, 5.41) is 23.7. The van der Waals surface area contributed by atoms with Gasteiger partial charge in [-0.2, -0.15) is 10.2 Å². The van der Waals surface area contributed by atoms with Gasteiger partial charge in [0.1, 0.15) is 12.0 Å². The molecule has 4 aromatic rings. The molecule has 1 N–H and O–H groups in total. The van der Waals surface area contributed by atoms with Crippen LogP contribution in [-0.2, 0) is 9.47 Å². The summed E-state index contributed by atoms with van der Waals surface area (Å²) in [5.41, 5.74) is 5.34. The second-order valence-corrected chi connectivity index (χ2v) is 12.7. The number of methoxy groups -OCH3 is 1. The summed E-state index contributed by atoms with van der Waals surface area (Å²) in [6, 6.07) is 8.42. The number of aromatic nitrogens is 6. The standard InChI is InChI=1S/C31H41N7O3/c1-20-25-14-26(33-34-29(25)38(35-20)23-15-30(2,3)36-31(4,5)16-23)24-11-10-21(13-27(24)41-19-39-6)22-17-32-37(18-22)28-9-7-8-12-40-28/h10-11,13-14,17-18,23,28,36H,7-9,12,15-16,19H2,1-6H3. The van der Waals surface area contributed by atoms with E-state index >= 15 is 0 Å². The minimum Gasteiger partial charge on any atom is -0.467 e. The summed E-state index contributed by atoms with van der Waals surface area (Å²) in [5.74, 6) is 0.673. The van der Waals surface area contributed by atoms with Crippen LogP contribution in [0, 0.1) is 6.92 Å². The summed E-state index contributed by atoms with van der Waals surface area (Å²) in [7, 11) is 1.62. The Morgan fingerprint density at radius 3 is 2.59 bits per heavy atom. The van der Waals surface area contributed by atoms with Gasteiger partial charge < -0.3 is 19.5 Å². The maximum atomic E-state index is 6.04. The number of aryl methyl sites for hydroxylation is 1. The lowest BCUT2D eigenvalue weighted by atomic mass is 9.79. The second kappa shape index (κ2) is 10.8. The average Bonchev–Trinajstić information content (AvgIpc) is 3.56. The Bertz CT molecular complexity index is 1520. The van der Waals surface area contributed by atoms with Crippen molar-refractivity contribution in [3.63, 3.8) is 0 Å². The van der Waals surface area contributed by atoms with Gasteiger partial charge in [-0.3, -0.25) is 0 Å². The SMILES string of the molecule is COCOc1cc(-c2cnn(C3CCCCO3)c2)ccc1-c1cc2c(C)nn(C3CC(C)(C)NC(C)(C)C3)c2nn1. The number of hydrogen-bond acceptors (Lipinski definition) is 8. The van der Waals surface area contributed by atoms with E-state index in [0.717, 1.165) is 77.8 Å². The van der Waals surface area contributed by atoms with E-state index in [2.05, 4.69) is 60.0 Å². The Morgan fingerprint density at radius 1 is 1.05 bits per heavy atom. The molecule has 1 atom stereocenters. The van der Waals surface area contributed by atoms with Gasteiger partial charge in [-0.15, -0.1) is 10.2 Å². The van der Waals surface area contributed by atoms with E-state index in [4.69, 9.17) is 24.4 Å². The molecule has 10 heteroatoms. The first-order valence-corrected chi connectivity index (χ1v) is 14.6. The van der Waals surface area contributed by atoms with Crippen molar-refractivity contribution in [3.8, 4) is 28.1 Å².